The first kappa shape index (κ1) is 26.1. The molecule has 3 aromatic rings. The number of carbonyl (C=O) groups excluding carboxylic acids is 1. The van der Waals surface area contributed by atoms with Crippen LogP contribution in [0, 0.1) is 23.3 Å². The van der Waals surface area contributed by atoms with E-state index in [4.69, 9.17) is 9.47 Å². The van der Waals surface area contributed by atoms with Crippen LogP contribution in [0.3, 0.4) is 0 Å². The van der Waals surface area contributed by atoms with Crippen LogP contribution < -0.4 is 4.90 Å². The Balaban J connectivity index is 2.28. The molecule has 3 rings (SSSR count). The van der Waals surface area contributed by atoms with E-state index >= 15 is 0 Å². The van der Waals surface area contributed by atoms with Gasteiger partial charge in [0.1, 0.15) is 40.4 Å². The number of ether oxygens (including phenoxy) is 2. The number of benzene rings is 2. The van der Waals surface area contributed by atoms with E-state index in [1.807, 2.05) is 0 Å². The number of aliphatic hydroxyl groups is 1. The summed E-state index contributed by atoms with van der Waals surface area (Å²) in [6.07, 6.45) is -2.71. The van der Waals surface area contributed by atoms with Gasteiger partial charge in [-0.1, -0.05) is 6.07 Å². The van der Waals surface area contributed by atoms with Crippen molar-refractivity contribution in [2.45, 2.75) is 39.6 Å². The van der Waals surface area contributed by atoms with Crippen LogP contribution in [0.15, 0.2) is 48.5 Å². The van der Waals surface area contributed by atoms with E-state index in [1.54, 1.807) is 27.7 Å². The highest BCUT2D eigenvalue weighted by molar-refractivity contribution is 5.95. The van der Waals surface area contributed by atoms with Crippen LogP contribution in [0.5, 0.6) is 0 Å². The van der Waals surface area contributed by atoms with Crippen LogP contribution in [0.1, 0.15) is 39.5 Å². The smallest absolute Gasteiger partial charge is 0.420 e. The van der Waals surface area contributed by atoms with Gasteiger partial charge in [0.25, 0.3) is 0 Å². The maximum atomic E-state index is 14.7. The quantitative estimate of drug-likeness (QED) is 0.318. The van der Waals surface area contributed by atoms with Crippen molar-refractivity contribution in [3.8, 4) is 11.3 Å². The van der Waals surface area contributed by atoms with Crippen LogP contribution in [0.2, 0.25) is 0 Å². The van der Waals surface area contributed by atoms with E-state index in [-0.39, 0.29) is 29.2 Å². The summed E-state index contributed by atoms with van der Waals surface area (Å²) in [4.78, 5) is 17.9. The lowest BCUT2D eigenvalue weighted by Crippen LogP contribution is -2.35. The molecule has 186 valence electrons. The van der Waals surface area contributed by atoms with Gasteiger partial charge in [-0.25, -0.2) is 32.2 Å². The molecule has 0 saturated heterocycles. The number of aliphatic hydroxyl groups excluding tert-OH is 1. The number of pyridine rings is 1. The standard InChI is InChI=1S/C25H24F4N2O4/c1-5-34-23(32)16-11-12-20(30-21(16)15-10-9-14(26)13-19(15)29)31(24(33)35-25(2,3)4)22-17(27)7-6-8-18(22)28/h6-13,23,32H,5H2,1-4H3. The molecule has 0 aliphatic rings. The fraction of sp³-hybridized carbons (Fsp3) is 0.280. The van der Waals surface area contributed by atoms with Crippen molar-refractivity contribution in [1.82, 2.24) is 4.98 Å². The molecule has 1 unspecified atom stereocenters. The molecule has 0 aliphatic carbocycles. The third-order valence-electron chi connectivity index (χ3n) is 4.65. The lowest BCUT2D eigenvalue weighted by atomic mass is 10.0. The number of para-hydroxylation sites is 1. The lowest BCUT2D eigenvalue weighted by molar-refractivity contribution is -0.0977. The molecule has 0 spiro atoms. The molecular weight excluding hydrogens is 468 g/mol. The van der Waals surface area contributed by atoms with Gasteiger partial charge in [0.15, 0.2) is 6.29 Å². The molecule has 0 radical (unpaired) electrons. The number of aromatic nitrogens is 1. The number of amides is 1. The molecule has 0 saturated carbocycles. The molecule has 6 nitrogen and oxygen atoms in total. The summed E-state index contributed by atoms with van der Waals surface area (Å²) < 4.78 is 68.2. The minimum absolute atomic E-state index is 0.0146. The molecule has 0 aliphatic heterocycles. The van der Waals surface area contributed by atoms with Crippen LogP contribution in [0.25, 0.3) is 11.3 Å². The van der Waals surface area contributed by atoms with Gasteiger partial charge in [-0.2, -0.15) is 0 Å². The summed E-state index contributed by atoms with van der Waals surface area (Å²) >= 11 is 0. The lowest BCUT2D eigenvalue weighted by Gasteiger charge is -2.28. The number of hydrogen-bond acceptors (Lipinski definition) is 5. The molecule has 2 aromatic carbocycles. The van der Waals surface area contributed by atoms with Gasteiger partial charge in [-0.15, -0.1) is 0 Å². The van der Waals surface area contributed by atoms with Crippen LogP contribution in [0.4, 0.5) is 33.9 Å². The maximum Gasteiger partial charge on any atom is 0.420 e. The average molecular weight is 492 g/mol. The molecule has 1 atom stereocenters. The summed E-state index contributed by atoms with van der Waals surface area (Å²) in [5.74, 6) is -4.36. The minimum Gasteiger partial charge on any atom is -0.443 e. The van der Waals surface area contributed by atoms with Crippen molar-refractivity contribution in [3.63, 3.8) is 0 Å². The van der Waals surface area contributed by atoms with Gasteiger partial charge >= 0.3 is 6.09 Å². The third-order valence-corrected chi connectivity index (χ3v) is 4.65. The number of rotatable bonds is 6. The van der Waals surface area contributed by atoms with Gasteiger partial charge in [0, 0.05) is 23.8 Å². The Morgan fingerprint density at radius 3 is 2.26 bits per heavy atom. The monoisotopic (exact) mass is 492 g/mol. The zero-order valence-corrected chi connectivity index (χ0v) is 19.5. The van der Waals surface area contributed by atoms with E-state index in [1.165, 1.54) is 12.1 Å². The fourth-order valence-corrected chi connectivity index (χ4v) is 3.24. The Labute approximate surface area is 199 Å². The van der Waals surface area contributed by atoms with E-state index in [0.29, 0.717) is 11.0 Å². The van der Waals surface area contributed by atoms with Crippen molar-refractivity contribution in [1.29, 1.82) is 0 Å². The SMILES string of the molecule is CCOC(O)c1ccc(N(C(=O)OC(C)(C)C)c2c(F)cccc2F)nc1-c1ccc(F)cc1F. The number of anilines is 2. The zero-order valence-electron chi connectivity index (χ0n) is 19.5. The van der Waals surface area contributed by atoms with E-state index in [9.17, 15) is 27.5 Å². The molecule has 35 heavy (non-hydrogen) atoms. The Morgan fingerprint density at radius 2 is 1.69 bits per heavy atom. The number of nitrogens with zero attached hydrogens (tertiary/aromatic N) is 2. The van der Waals surface area contributed by atoms with E-state index < -0.39 is 46.9 Å². The van der Waals surface area contributed by atoms with E-state index in [2.05, 4.69) is 4.98 Å². The zero-order chi connectivity index (χ0) is 25.9. The second-order valence-corrected chi connectivity index (χ2v) is 8.43. The number of halogens is 4. The largest absolute Gasteiger partial charge is 0.443 e. The molecule has 1 N–H and O–H groups in total. The summed E-state index contributed by atoms with van der Waals surface area (Å²) in [6.45, 7) is 6.41. The van der Waals surface area contributed by atoms with Gasteiger partial charge in [-0.3, -0.25) is 0 Å². The highest BCUT2D eigenvalue weighted by Crippen LogP contribution is 2.36. The van der Waals surface area contributed by atoms with Gasteiger partial charge in [0.2, 0.25) is 0 Å². The fourth-order valence-electron chi connectivity index (χ4n) is 3.24. The van der Waals surface area contributed by atoms with Gasteiger partial charge in [-0.05, 0) is 64.1 Å². The Bertz CT molecular complexity index is 1210. The molecule has 1 heterocycles. The first-order valence-corrected chi connectivity index (χ1v) is 10.7. The normalized spacial score (nSPS) is 12.4. The molecule has 0 fully saturated rings. The highest BCUT2D eigenvalue weighted by Gasteiger charge is 2.31. The summed E-state index contributed by atoms with van der Waals surface area (Å²) in [7, 11) is 0. The maximum absolute atomic E-state index is 14.7. The van der Waals surface area contributed by atoms with E-state index in [0.717, 1.165) is 30.3 Å². The predicted molar refractivity (Wildman–Crippen MR) is 121 cm³/mol. The van der Waals surface area contributed by atoms with Gasteiger partial charge < -0.3 is 14.6 Å². The topological polar surface area (TPSA) is 71.9 Å². The van der Waals surface area contributed by atoms with Gasteiger partial charge in [0.05, 0.1) is 5.69 Å². The molecule has 1 aromatic heterocycles. The van der Waals surface area contributed by atoms with Crippen LogP contribution >= 0.6 is 0 Å². The van der Waals surface area contributed by atoms with Crippen molar-refractivity contribution in [2.75, 3.05) is 11.5 Å². The number of carbonyl (C=O) groups is 1. The average Bonchev–Trinajstić information content (AvgIpc) is 2.75. The van der Waals surface area contributed by atoms with Crippen molar-refractivity contribution in [2.24, 2.45) is 0 Å². The number of hydrogen-bond donors (Lipinski definition) is 1. The molecule has 0 bridgehead atoms. The van der Waals surface area contributed by atoms with Crippen LogP contribution in [-0.4, -0.2) is 28.4 Å². The summed E-state index contributed by atoms with van der Waals surface area (Å²) in [6, 6.07) is 8.15. The summed E-state index contributed by atoms with van der Waals surface area (Å²) in [5.41, 5.74) is -2.28. The second-order valence-electron chi connectivity index (χ2n) is 8.43. The third kappa shape index (κ3) is 5.95. The minimum atomic E-state index is -1.55. The van der Waals surface area contributed by atoms with Crippen molar-refractivity contribution < 1.29 is 36.9 Å². The van der Waals surface area contributed by atoms with Crippen molar-refractivity contribution >= 4 is 17.6 Å². The molecular formula is C25H24F4N2O4. The van der Waals surface area contributed by atoms with Crippen molar-refractivity contribution in [3.05, 3.63) is 77.4 Å². The summed E-state index contributed by atoms with van der Waals surface area (Å²) in [5, 5.41) is 10.4. The second kappa shape index (κ2) is 10.4. The highest BCUT2D eigenvalue weighted by atomic mass is 19.1. The first-order chi connectivity index (χ1) is 16.4. The Morgan fingerprint density at radius 1 is 1.03 bits per heavy atom. The Kier molecular flexibility index (Phi) is 7.76. The Hall–Kier alpha value is -3.50. The molecule has 10 heteroatoms. The molecule has 1 amide bonds. The van der Waals surface area contributed by atoms with Crippen LogP contribution in [-0.2, 0) is 9.47 Å². The first-order valence-electron chi connectivity index (χ1n) is 10.7. The predicted octanol–water partition coefficient (Wildman–Crippen LogP) is 6.41.